The maximum atomic E-state index is 11.9. The Morgan fingerprint density at radius 1 is 0.918 bits per heavy atom. The highest BCUT2D eigenvalue weighted by molar-refractivity contribution is 6.15. The summed E-state index contributed by atoms with van der Waals surface area (Å²) in [5.74, 6) is 0.0962. The molecule has 1 saturated heterocycles. The maximum Gasteiger partial charge on any atom is 0.173 e. The van der Waals surface area contributed by atoms with E-state index in [4.69, 9.17) is 4.74 Å². The summed E-state index contributed by atoms with van der Waals surface area (Å²) < 4.78 is 5.29. The molecule has 3 aliphatic heterocycles. The number of anilines is 2. The second-order valence-electron chi connectivity index (χ2n) is 13.1. The highest BCUT2D eigenvalue weighted by atomic mass is 35.5. The molecule has 0 radical (unpaired) electrons. The molecule has 0 saturated carbocycles. The topological polar surface area (TPSA) is 87.8 Å². The Labute approximate surface area is 292 Å². The van der Waals surface area contributed by atoms with Crippen LogP contribution in [0, 0.1) is 0 Å². The van der Waals surface area contributed by atoms with Crippen LogP contribution in [-0.4, -0.2) is 72.5 Å². The number of likely N-dealkylation sites (tertiary alicyclic amines) is 1. The Hall–Kier alpha value is -4.66. The molecule has 3 N–H and O–H groups in total. The van der Waals surface area contributed by atoms with Gasteiger partial charge in [0.05, 0.1) is 41.0 Å². The molecule has 49 heavy (non-hydrogen) atoms. The highest BCUT2D eigenvalue weighted by Crippen LogP contribution is 2.42. The Kier molecular flexibility index (Phi) is 9.18. The predicted molar refractivity (Wildman–Crippen MR) is 203 cm³/mol. The standard InChI is InChI=1S/C39H41N5O3.CH3Cl/c1-24(33-20-28-21-37(46)39(47-3)31(23-45)38(28)41-33)43-18-13-29-30-22-34(40-32(30)10-11-35(29)43)25(2)44-17-12-27-9-8-26(19-36(27)44)7-6-16-42-14-4-5-15-42;1-2/h8-11,19-23,40-41,46H,1-2,4-7,12-18H2,3H3;1H3. The van der Waals surface area contributed by atoms with Crippen LogP contribution in [0.1, 0.15) is 57.7 Å². The number of aromatic nitrogens is 2. The molecule has 0 atom stereocenters. The number of ether oxygens (including phenoxy) is 1. The normalized spacial score (nSPS) is 15.4. The van der Waals surface area contributed by atoms with E-state index in [0.717, 1.165) is 71.7 Å². The molecule has 5 aromatic rings. The zero-order chi connectivity index (χ0) is 34.2. The third-order valence-electron chi connectivity index (χ3n) is 10.4. The van der Waals surface area contributed by atoms with Crippen LogP contribution in [0.5, 0.6) is 11.5 Å². The molecule has 0 unspecified atom stereocenters. The zero-order valence-corrected chi connectivity index (χ0v) is 29.1. The fourth-order valence-electron chi connectivity index (χ4n) is 7.97. The number of phenolic OH excluding ortho intramolecular Hbond substituents is 1. The van der Waals surface area contributed by atoms with Gasteiger partial charge in [-0.15, -0.1) is 11.6 Å². The van der Waals surface area contributed by atoms with Crippen molar-refractivity contribution in [3.63, 3.8) is 0 Å². The summed E-state index contributed by atoms with van der Waals surface area (Å²) in [7, 11) is 1.44. The van der Waals surface area contributed by atoms with Crippen molar-refractivity contribution >= 4 is 62.5 Å². The lowest BCUT2D eigenvalue weighted by atomic mass is 10.0. The van der Waals surface area contributed by atoms with E-state index in [1.165, 1.54) is 80.2 Å². The lowest BCUT2D eigenvalue weighted by molar-refractivity contribution is 0.112. The van der Waals surface area contributed by atoms with Crippen LogP contribution in [0.2, 0.25) is 0 Å². The number of carbonyl (C=O) groups excluding carboxylic acids is 1. The van der Waals surface area contributed by atoms with Crippen LogP contribution in [0.4, 0.5) is 11.4 Å². The SMILES string of the molecule is C=C(c1cc2c3c(ccc2[nH]1)N(C(=C)c1cc2cc(O)c(OC)c(C=O)c2[nH]1)CC3)N1CCc2ccc(CCCN3CCCC3)cc21.CCl. The number of halogens is 1. The summed E-state index contributed by atoms with van der Waals surface area (Å²) in [4.78, 5) is 26.1. The first-order valence-corrected chi connectivity index (χ1v) is 17.9. The van der Waals surface area contributed by atoms with Crippen LogP contribution in [0.25, 0.3) is 33.2 Å². The maximum absolute atomic E-state index is 11.9. The second-order valence-corrected chi connectivity index (χ2v) is 13.1. The molecule has 254 valence electrons. The largest absolute Gasteiger partial charge is 0.504 e. The van der Waals surface area contributed by atoms with Crippen molar-refractivity contribution in [2.24, 2.45) is 0 Å². The van der Waals surface area contributed by atoms with Gasteiger partial charge in [0.1, 0.15) is 0 Å². The van der Waals surface area contributed by atoms with Crippen LogP contribution >= 0.6 is 11.6 Å². The van der Waals surface area contributed by atoms with Gasteiger partial charge < -0.3 is 34.5 Å². The molecule has 2 aromatic heterocycles. The summed E-state index contributed by atoms with van der Waals surface area (Å²) in [5.41, 5.74) is 12.2. The first-order chi connectivity index (χ1) is 23.9. The lowest BCUT2D eigenvalue weighted by Crippen LogP contribution is -2.20. The number of carbonyl (C=O) groups is 1. The average Bonchev–Trinajstić information content (AvgIpc) is 3.96. The van der Waals surface area contributed by atoms with E-state index in [1.54, 1.807) is 6.07 Å². The first-order valence-electron chi connectivity index (χ1n) is 17.1. The van der Waals surface area contributed by atoms with Gasteiger partial charge in [0.2, 0.25) is 0 Å². The van der Waals surface area contributed by atoms with E-state index in [0.29, 0.717) is 17.4 Å². The van der Waals surface area contributed by atoms with Gasteiger partial charge in [-0.3, -0.25) is 4.79 Å². The number of benzene rings is 3. The van der Waals surface area contributed by atoms with Crippen molar-refractivity contribution in [2.45, 2.75) is 38.5 Å². The molecule has 9 heteroatoms. The van der Waals surface area contributed by atoms with Crippen LogP contribution in [0.15, 0.2) is 61.7 Å². The van der Waals surface area contributed by atoms with E-state index in [2.05, 4.69) is 85.8 Å². The molecular weight excluding hydrogens is 634 g/mol. The minimum atomic E-state index is -0.0669. The van der Waals surface area contributed by atoms with Crippen LogP contribution < -0.4 is 14.5 Å². The third kappa shape index (κ3) is 5.87. The first kappa shape index (κ1) is 32.9. The Morgan fingerprint density at radius 3 is 2.41 bits per heavy atom. The van der Waals surface area contributed by atoms with Crippen molar-refractivity contribution in [1.82, 2.24) is 14.9 Å². The van der Waals surface area contributed by atoms with Gasteiger partial charge in [0.25, 0.3) is 0 Å². The molecule has 5 heterocycles. The average molecular weight is 678 g/mol. The van der Waals surface area contributed by atoms with Gasteiger partial charge in [-0.2, -0.15) is 0 Å². The van der Waals surface area contributed by atoms with Gasteiger partial charge in [-0.25, -0.2) is 0 Å². The number of methoxy groups -OCH3 is 1. The van der Waals surface area contributed by atoms with Crippen molar-refractivity contribution in [1.29, 1.82) is 0 Å². The monoisotopic (exact) mass is 677 g/mol. The smallest absolute Gasteiger partial charge is 0.173 e. The number of hydrogen-bond acceptors (Lipinski definition) is 6. The van der Waals surface area contributed by atoms with E-state index in [1.807, 2.05) is 6.07 Å². The molecule has 0 bridgehead atoms. The molecule has 0 amide bonds. The zero-order valence-electron chi connectivity index (χ0n) is 28.4. The molecule has 8 nitrogen and oxygen atoms in total. The number of rotatable bonds is 10. The number of nitrogens with one attached hydrogen (secondary N) is 2. The Bertz CT molecular complexity index is 2070. The fraction of sp³-hybridized carbons (Fsp3) is 0.325. The Balaban J connectivity index is 0.00000186. The second kappa shape index (κ2) is 13.7. The number of nitrogens with zero attached hydrogens (tertiary/aromatic N) is 3. The number of aldehydes is 1. The summed E-state index contributed by atoms with van der Waals surface area (Å²) in [6.07, 6.45) is 9.10. The van der Waals surface area contributed by atoms with Crippen LogP contribution in [-0.2, 0) is 19.3 Å². The van der Waals surface area contributed by atoms with Crippen molar-refractivity contribution in [3.05, 3.63) is 95.3 Å². The minimum Gasteiger partial charge on any atom is -0.504 e. The van der Waals surface area contributed by atoms with Crippen molar-refractivity contribution in [3.8, 4) is 11.5 Å². The number of phenols is 1. The number of aromatic hydroxyl groups is 1. The van der Waals surface area contributed by atoms with E-state index in [9.17, 15) is 9.90 Å². The highest BCUT2D eigenvalue weighted by Gasteiger charge is 2.28. The number of hydrogen-bond donors (Lipinski definition) is 3. The lowest BCUT2D eigenvalue weighted by Gasteiger charge is -2.22. The molecule has 0 spiro atoms. The molecule has 1 fully saturated rings. The van der Waals surface area contributed by atoms with E-state index < -0.39 is 0 Å². The molecular formula is C40H44ClN5O3. The summed E-state index contributed by atoms with van der Waals surface area (Å²) >= 11 is 4.64. The van der Waals surface area contributed by atoms with Gasteiger partial charge in [0, 0.05) is 47.1 Å². The van der Waals surface area contributed by atoms with E-state index in [-0.39, 0.29) is 11.5 Å². The quantitative estimate of drug-likeness (QED) is 0.102. The number of H-pyrrole nitrogens is 2. The summed E-state index contributed by atoms with van der Waals surface area (Å²) in [6.45, 7) is 14.5. The van der Waals surface area contributed by atoms with E-state index >= 15 is 0 Å². The third-order valence-corrected chi connectivity index (χ3v) is 10.4. The number of alkyl halides is 1. The Morgan fingerprint density at radius 2 is 1.65 bits per heavy atom. The van der Waals surface area contributed by atoms with Crippen LogP contribution in [0.3, 0.4) is 0 Å². The molecule has 0 aliphatic carbocycles. The minimum absolute atomic E-state index is 0.0669. The molecule has 3 aliphatic rings. The fourth-order valence-corrected chi connectivity index (χ4v) is 7.97. The molecule has 8 rings (SSSR count). The van der Waals surface area contributed by atoms with Crippen molar-refractivity contribution in [2.75, 3.05) is 56.0 Å². The van der Waals surface area contributed by atoms with Gasteiger partial charge >= 0.3 is 0 Å². The summed E-state index contributed by atoms with van der Waals surface area (Å²) in [5, 5.41) is 12.3. The number of fused-ring (bicyclic) bond motifs is 5. The summed E-state index contributed by atoms with van der Waals surface area (Å²) in [6, 6.07) is 17.1. The predicted octanol–water partition coefficient (Wildman–Crippen LogP) is 8.13. The van der Waals surface area contributed by atoms with Gasteiger partial charge in [-0.05, 0) is 111 Å². The number of aryl methyl sites for hydroxylation is 1. The van der Waals surface area contributed by atoms with Crippen molar-refractivity contribution < 1.29 is 14.6 Å². The number of aromatic amines is 2. The van der Waals surface area contributed by atoms with Gasteiger partial charge in [0.15, 0.2) is 17.8 Å². The molecule has 3 aromatic carbocycles. The van der Waals surface area contributed by atoms with Gasteiger partial charge in [-0.1, -0.05) is 25.3 Å².